The van der Waals surface area contributed by atoms with E-state index in [9.17, 15) is 4.79 Å². The summed E-state index contributed by atoms with van der Waals surface area (Å²) in [6.07, 6.45) is 0. The Kier molecular flexibility index (Phi) is 4.73. The van der Waals surface area contributed by atoms with Gasteiger partial charge in [-0.1, -0.05) is 26.0 Å². The molecule has 4 heteroatoms. The van der Waals surface area contributed by atoms with Gasteiger partial charge in [-0.15, -0.1) is 0 Å². The second-order valence-corrected chi connectivity index (χ2v) is 5.38. The standard InChI is InChI=1S/C14H22N2O2/c1-10(2)9-18-12-8-6-5-7-11(12)16-13(17)14(3,4)15/h5-8,10H,9,15H2,1-4H3,(H,16,17). The van der Waals surface area contributed by atoms with Crippen molar-refractivity contribution >= 4 is 11.6 Å². The summed E-state index contributed by atoms with van der Waals surface area (Å²) in [5.41, 5.74) is 5.49. The highest BCUT2D eigenvalue weighted by Crippen LogP contribution is 2.24. The van der Waals surface area contributed by atoms with Gasteiger partial charge in [-0.2, -0.15) is 0 Å². The number of nitrogens with two attached hydrogens (primary N) is 1. The zero-order valence-corrected chi connectivity index (χ0v) is 11.5. The molecular formula is C14H22N2O2. The molecule has 4 nitrogen and oxygen atoms in total. The third kappa shape index (κ3) is 4.37. The van der Waals surface area contributed by atoms with Crippen molar-refractivity contribution in [2.75, 3.05) is 11.9 Å². The Labute approximate surface area is 109 Å². The summed E-state index contributed by atoms with van der Waals surface area (Å²) in [4.78, 5) is 11.8. The van der Waals surface area contributed by atoms with Crippen LogP contribution in [0.25, 0.3) is 0 Å². The largest absolute Gasteiger partial charge is 0.491 e. The maximum Gasteiger partial charge on any atom is 0.243 e. The topological polar surface area (TPSA) is 64.3 Å². The fraction of sp³-hybridized carbons (Fsp3) is 0.500. The molecule has 0 aliphatic carbocycles. The molecule has 0 bridgehead atoms. The third-order valence-electron chi connectivity index (χ3n) is 2.29. The van der Waals surface area contributed by atoms with Gasteiger partial charge in [0.15, 0.2) is 0 Å². The van der Waals surface area contributed by atoms with E-state index in [0.29, 0.717) is 24.0 Å². The maximum absolute atomic E-state index is 11.8. The van der Waals surface area contributed by atoms with Crippen molar-refractivity contribution in [3.8, 4) is 5.75 Å². The van der Waals surface area contributed by atoms with Gasteiger partial charge in [0.25, 0.3) is 0 Å². The lowest BCUT2D eigenvalue weighted by Gasteiger charge is -2.19. The average molecular weight is 250 g/mol. The highest BCUT2D eigenvalue weighted by molar-refractivity contribution is 5.98. The second-order valence-electron chi connectivity index (χ2n) is 5.38. The molecule has 1 rings (SSSR count). The molecule has 0 saturated carbocycles. The number of nitrogens with one attached hydrogen (secondary N) is 1. The first-order valence-corrected chi connectivity index (χ1v) is 6.13. The van der Waals surface area contributed by atoms with Crippen molar-refractivity contribution in [3.05, 3.63) is 24.3 Å². The highest BCUT2D eigenvalue weighted by atomic mass is 16.5. The molecule has 0 atom stereocenters. The van der Waals surface area contributed by atoms with E-state index in [1.165, 1.54) is 0 Å². The molecule has 1 aromatic rings. The molecule has 3 N–H and O–H groups in total. The lowest BCUT2D eigenvalue weighted by atomic mass is 10.1. The Morgan fingerprint density at radius 3 is 2.56 bits per heavy atom. The molecule has 0 radical (unpaired) electrons. The fourth-order valence-corrected chi connectivity index (χ4v) is 1.24. The van der Waals surface area contributed by atoms with Crippen LogP contribution in [0.2, 0.25) is 0 Å². The van der Waals surface area contributed by atoms with Crippen LogP contribution in [0.1, 0.15) is 27.7 Å². The van der Waals surface area contributed by atoms with Crippen LogP contribution in [-0.4, -0.2) is 18.1 Å². The molecule has 0 aliphatic rings. The molecular weight excluding hydrogens is 228 g/mol. The molecule has 0 fully saturated rings. The Hall–Kier alpha value is -1.55. The number of ether oxygens (including phenoxy) is 1. The van der Waals surface area contributed by atoms with Crippen LogP contribution in [0.15, 0.2) is 24.3 Å². The first kappa shape index (κ1) is 14.5. The van der Waals surface area contributed by atoms with Gasteiger partial charge in [0.2, 0.25) is 5.91 Å². The van der Waals surface area contributed by atoms with E-state index >= 15 is 0 Å². The molecule has 0 aliphatic heterocycles. The highest BCUT2D eigenvalue weighted by Gasteiger charge is 2.22. The molecule has 18 heavy (non-hydrogen) atoms. The van der Waals surface area contributed by atoms with Crippen LogP contribution in [0.4, 0.5) is 5.69 Å². The Morgan fingerprint density at radius 1 is 1.39 bits per heavy atom. The Morgan fingerprint density at radius 2 is 2.00 bits per heavy atom. The number of carbonyl (C=O) groups is 1. The smallest absolute Gasteiger partial charge is 0.243 e. The number of rotatable bonds is 5. The Bertz CT molecular complexity index is 409. The minimum atomic E-state index is -0.912. The molecule has 100 valence electrons. The van der Waals surface area contributed by atoms with Crippen molar-refractivity contribution < 1.29 is 9.53 Å². The van der Waals surface area contributed by atoms with Gasteiger partial charge in [-0.05, 0) is 31.9 Å². The van der Waals surface area contributed by atoms with E-state index in [1.807, 2.05) is 18.2 Å². The van der Waals surface area contributed by atoms with Crippen molar-refractivity contribution in [1.82, 2.24) is 0 Å². The number of benzene rings is 1. The fourth-order valence-electron chi connectivity index (χ4n) is 1.24. The van der Waals surface area contributed by atoms with Gasteiger partial charge in [-0.3, -0.25) is 4.79 Å². The predicted octanol–water partition coefficient (Wildman–Crippen LogP) is 2.40. The molecule has 1 amide bonds. The first-order valence-electron chi connectivity index (χ1n) is 6.13. The van der Waals surface area contributed by atoms with Crippen LogP contribution < -0.4 is 15.8 Å². The normalized spacial score (nSPS) is 11.4. The summed E-state index contributed by atoms with van der Waals surface area (Å²) in [6.45, 7) is 8.09. The second kappa shape index (κ2) is 5.87. The molecule has 0 unspecified atom stereocenters. The van der Waals surface area contributed by atoms with Crippen molar-refractivity contribution in [2.45, 2.75) is 33.2 Å². The summed E-state index contributed by atoms with van der Waals surface area (Å²) in [5.74, 6) is 0.867. The maximum atomic E-state index is 11.8. The van der Waals surface area contributed by atoms with Gasteiger partial charge < -0.3 is 15.8 Å². The minimum Gasteiger partial charge on any atom is -0.491 e. The van der Waals surface area contributed by atoms with Gasteiger partial charge in [-0.25, -0.2) is 0 Å². The third-order valence-corrected chi connectivity index (χ3v) is 2.29. The minimum absolute atomic E-state index is 0.233. The number of para-hydroxylation sites is 2. The molecule has 1 aromatic carbocycles. The predicted molar refractivity (Wildman–Crippen MR) is 73.7 cm³/mol. The summed E-state index contributed by atoms with van der Waals surface area (Å²) >= 11 is 0. The monoisotopic (exact) mass is 250 g/mol. The SMILES string of the molecule is CC(C)COc1ccccc1NC(=O)C(C)(C)N. The van der Waals surface area contributed by atoms with Gasteiger partial charge >= 0.3 is 0 Å². The summed E-state index contributed by atoms with van der Waals surface area (Å²) in [6, 6.07) is 7.36. The molecule has 0 heterocycles. The Balaban J connectivity index is 2.79. The van der Waals surface area contributed by atoms with E-state index < -0.39 is 5.54 Å². The van der Waals surface area contributed by atoms with E-state index in [2.05, 4.69) is 19.2 Å². The van der Waals surface area contributed by atoms with Gasteiger partial charge in [0.1, 0.15) is 5.75 Å². The van der Waals surface area contributed by atoms with Crippen molar-refractivity contribution in [2.24, 2.45) is 11.7 Å². The number of carbonyl (C=O) groups excluding carboxylic acids is 1. The van der Waals surface area contributed by atoms with Crippen molar-refractivity contribution in [3.63, 3.8) is 0 Å². The van der Waals surface area contributed by atoms with Crippen LogP contribution in [-0.2, 0) is 4.79 Å². The zero-order valence-electron chi connectivity index (χ0n) is 11.5. The number of hydrogen-bond donors (Lipinski definition) is 2. The summed E-state index contributed by atoms with van der Waals surface area (Å²) in [5, 5.41) is 2.79. The number of anilines is 1. The number of hydrogen-bond acceptors (Lipinski definition) is 3. The van der Waals surface area contributed by atoms with E-state index in [1.54, 1.807) is 19.9 Å². The van der Waals surface area contributed by atoms with Crippen LogP contribution in [0.3, 0.4) is 0 Å². The van der Waals surface area contributed by atoms with E-state index in [4.69, 9.17) is 10.5 Å². The quantitative estimate of drug-likeness (QED) is 0.843. The molecule has 0 spiro atoms. The lowest BCUT2D eigenvalue weighted by molar-refractivity contribution is -0.120. The van der Waals surface area contributed by atoms with Crippen LogP contribution >= 0.6 is 0 Å². The zero-order chi connectivity index (χ0) is 13.8. The average Bonchev–Trinajstić information content (AvgIpc) is 2.26. The van der Waals surface area contributed by atoms with Crippen LogP contribution in [0.5, 0.6) is 5.75 Å². The number of amides is 1. The van der Waals surface area contributed by atoms with Gasteiger partial charge in [0, 0.05) is 0 Å². The first-order chi connectivity index (χ1) is 8.30. The van der Waals surface area contributed by atoms with Gasteiger partial charge in [0.05, 0.1) is 17.8 Å². The van der Waals surface area contributed by atoms with Crippen LogP contribution in [0, 0.1) is 5.92 Å². The van der Waals surface area contributed by atoms with E-state index in [0.717, 1.165) is 0 Å². The van der Waals surface area contributed by atoms with Crippen molar-refractivity contribution in [1.29, 1.82) is 0 Å². The van der Waals surface area contributed by atoms with E-state index in [-0.39, 0.29) is 5.91 Å². The lowest BCUT2D eigenvalue weighted by Crippen LogP contribution is -2.45. The summed E-state index contributed by atoms with van der Waals surface area (Å²) in [7, 11) is 0. The summed E-state index contributed by atoms with van der Waals surface area (Å²) < 4.78 is 5.66. The molecule has 0 aromatic heterocycles. The molecule has 0 saturated heterocycles.